The number of aromatic nitrogens is 1. The third kappa shape index (κ3) is 3.20. The highest BCUT2D eigenvalue weighted by Crippen LogP contribution is 2.30. The molecule has 0 saturated heterocycles. The van der Waals surface area contributed by atoms with E-state index in [0.717, 1.165) is 16.5 Å². The van der Waals surface area contributed by atoms with Crippen molar-refractivity contribution >= 4 is 22.2 Å². The molecule has 0 unspecified atom stereocenters. The van der Waals surface area contributed by atoms with Crippen molar-refractivity contribution in [3.8, 4) is 11.3 Å². The van der Waals surface area contributed by atoms with Crippen molar-refractivity contribution in [2.75, 3.05) is 5.32 Å². The van der Waals surface area contributed by atoms with Gasteiger partial charge in [0.1, 0.15) is 0 Å². The summed E-state index contributed by atoms with van der Waals surface area (Å²) in [6, 6.07) is 13.0. The van der Waals surface area contributed by atoms with Gasteiger partial charge in [0.25, 0.3) is 0 Å². The third-order valence-electron chi connectivity index (χ3n) is 3.65. The van der Waals surface area contributed by atoms with E-state index in [1.807, 2.05) is 0 Å². The summed E-state index contributed by atoms with van der Waals surface area (Å²) in [7, 11) is 0. The van der Waals surface area contributed by atoms with Gasteiger partial charge in [-0.15, -0.1) is 11.3 Å². The fourth-order valence-corrected chi connectivity index (χ4v) is 3.37. The van der Waals surface area contributed by atoms with E-state index in [4.69, 9.17) is 4.98 Å². The van der Waals surface area contributed by atoms with E-state index in [-0.39, 0.29) is 0 Å². The topological polar surface area (TPSA) is 24.9 Å². The number of aryl methyl sites for hydroxylation is 4. The smallest absolute Gasteiger partial charge is 0.187 e. The zero-order valence-corrected chi connectivity index (χ0v) is 14.2. The van der Waals surface area contributed by atoms with Gasteiger partial charge in [0, 0.05) is 16.6 Å². The first-order valence-corrected chi connectivity index (χ1v) is 8.28. The van der Waals surface area contributed by atoms with Crippen LogP contribution in [-0.2, 0) is 0 Å². The molecule has 1 heterocycles. The van der Waals surface area contributed by atoms with E-state index in [0.29, 0.717) is 0 Å². The largest absolute Gasteiger partial charge is 0.332 e. The fourth-order valence-electron chi connectivity index (χ4n) is 2.64. The number of hydrogen-bond donors (Lipinski definition) is 1. The van der Waals surface area contributed by atoms with Gasteiger partial charge in [-0.3, -0.25) is 0 Å². The minimum absolute atomic E-state index is 0.931. The van der Waals surface area contributed by atoms with Crippen LogP contribution in [0.4, 0.5) is 10.8 Å². The highest BCUT2D eigenvalue weighted by molar-refractivity contribution is 7.14. The summed E-state index contributed by atoms with van der Waals surface area (Å²) in [5.74, 6) is 0. The number of nitrogens with zero attached hydrogens (tertiary/aromatic N) is 1. The number of nitrogens with one attached hydrogen (secondary N) is 1. The molecule has 0 bridgehead atoms. The summed E-state index contributed by atoms with van der Waals surface area (Å²) >= 11 is 1.64. The molecule has 2 nitrogen and oxygen atoms in total. The predicted molar refractivity (Wildman–Crippen MR) is 96.2 cm³/mol. The maximum absolute atomic E-state index is 4.74. The first kappa shape index (κ1) is 14.8. The van der Waals surface area contributed by atoms with Crippen molar-refractivity contribution in [1.29, 1.82) is 0 Å². The molecule has 0 fully saturated rings. The Hall–Kier alpha value is -2.13. The van der Waals surface area contributed by atoms with E-state index in [1.165, 1.54) is 27.8 Å². The van der Waals surface area contributed by atoms with E-state index >= 15 is 0 Å². The van der Waals surface area contributed by atoms with Crippen molar-refractivity contribution < 1.29 is 0 Å². The first-order chi connectivity index (χ1) is 10.5. The van der Waals surface area contributed by atoms with Crippen LogP contribution in [0, 0.1) is 27.7 Å². The lowest BCUT2D eigenvalue weighted by molar-refractivity contribution is 1.32. The lowest BCUT2D eigenvalue weighted by atomic mass is 10.0. The van der Waals surface area contributed by atoms with Crippen LogP contribution in [0.5, 0.6) is 0 Å². The van der Waals surface area contributed by atoms with Gasteiger partial charge in [-0.25, -0.2) is 4.98 Å². The zero-order chi connectivity index (χ0) is 15.7. The summed E-state index contributed by atoms with van der Waals surface area (Å²) < 4.78 is 0. The molecule has 0 spiro atoms. The Morgan fingerprint density at radius 1 is 0.864 bits per heavy atom. The molecule has 3 heteroatoms. The lowest BCUT2D eigenvalue weighted by Crippen LogP contribution is -1.92. The Morgan fingerprint density at radius 2 is 1.59 bits per heavy atom. The molecule has 0 saturated carbocycles. The van der Waals surface area contributed by atoms with Crippen molar-refractivity contribution in [2.45, 2.75) is 27.7 Å². The third-order valence-corrected chi connectivity index (χ3v) is 4.40. The standard InChI is InChI=1S/C19H20N2S/c1-12-5-6-15(4)17(10-12)18-11-22-19(21-18)20-16-8-13(2)7-14(3)9-16/h5-11H,1-4H3,(H,20,21). The van der Waals surface area contributed by atoms with Gasteiger partial charge in [-0.05, 0) is 62.6 Å². The molecule has 3 rings (SSSR count). The van der Waals surface area contributed by atoms with Crippen LogP contribution in [-0.4, -0.2) is 4.98 Å². The van der Waals surface area contributed by atoms with Crippen LogP contribution in [0.2, 0.25) is 0 Å². The molecule has 0 aliphatic rings. The Balaban J connectivity index is 1.89. The van der Waals surface area contributed by atoms with Gasteiger partial charge < -0.3 is 5.32 Å². The van der Waals surface area contributed by atoms with Gasteiger partial charge in [-0.1, -0.05) is 23.8 Å². The fraction of sp³-hybridized carbons (Fsp3) is 0.211. The van der Waals surface area contributed by atoms with Crippen LogP contribution in [0.15, 0.2) is 41.8 Å². The average molecular weight is 308 g/mol. The summed E-state index contributed by atoms with van der Waals surface area (Å²) in [5, 5.41) is 6.47. The number of benzene rings is 2. The number of thiazole rings is 1. The van der Waals surface area contributed by atoms with E-state index < -0.39 is 0 Å². The molecular weight excluding hydrogens is 288 g/mol. The molecule has 2 aromatic carbocycles. The number of anilines is 2. The minimum atomic E-state index is 0.931. The predicted octanol–water partition coefficient (Wildman–Crippen LogP) is 5.79. The average Bonchev–Trinajstić information content (AvgIpc) is 2.88. The summed E-state index contributed by atoms with van der Waals surface area (Å²) in [6.07, 6.45) is 0. The van der Waals surface area contributed by atoms with Crippen molar-refractivity contribution in [3.63, 3.8) is 0 Å². The number of hydrogen-bond acceptors (Lipinski definition) is 3. The quantitative estimate of drug-likeness (QED) is 0.662. The van der Waals surface area contributed by atoms with Gasteiger partial charge in [-0.2, -0.15) is 0 Å². The Bertz CT molecular complexity index is 798. The van der Waals surface area contributed by atoms with Crippen molar-refractivity contribution in [3.05, 3.63) is 64.0 Å². The molecule has 3 aromatic rings. The van der Waals surface area contributed by atoms with Crippen LogP contribution in [0.25, 0.3) is 11.3 Å². The summed E-state index contributed by atoms with van der Waals surface area (Å²) in [5.41, 5.74) is 8.39. The summed E-state index contributed by atoms with van der Waals surface area (Å²) in [6.45, 7) is 8.47. The van der Waals surface area contributed by atoms with Crippen LogP contribution >= 0.6 is 11.3 Å². The van der Waals surface area contributed by atoms with Crippen LogP contribution in [0.1, 0.15) is 22.3 Å². The molecule has 0 atom stereocenters. The molecule has 22 heavy (non-hydrogen) atoms. The SMILES string of the molecule is Cc1cc(C)cc(Nc2nc(-c3cc(C)ccc3C)cs2)c1. The van der Waals surface area contributed by atoms with Gasteiger partial charge in [0.15, 0.2) is 5.13 Å². The molecule has 112 valence electrons. The minimum Gasteiger partial charge on any atom is -0.332 e. The second-order valence-corrected chi connectivity index (χ2v) is 6.72. The molecular formula is C19H20N2S. The molecule has 0 aliphatic carbocycles. The summed E-state index contributed by atoms with van der Waals surface area (Å²) in [4.78, 5) is 4.74. The lowest BCUT2D eigenvalue weighted by Gasteiger charge is -2.06. The second kappa shape index (κ2) is 5.93. The van der Waals surface area contributed by atoms with Crippen LogP contribution < -0.4 is 5.32 Å². The van der Waals surface area contributed by atoms with Crippen LogP contribution in [0.3, 0.4) is 0 Å². The molecule has 1 aromatic heterocycles. The maximum Gasteiger partial charge on any atom is 0.187 e. The van der Waals surface area contributed by atoms with Crippen molar-refractivity contribution in [2.24, 2.45) is 0 Å². The van der Waals surface area contributed by atoms with Gasteiger partial charge in [0.05, 0.1) is 5.69 Å². The van der Waals surface area contributed by atoms with E-state index in [2.05, 4.69) is 74.8 Å². The molecule has 0 radical (unpaired) electrons. The second-order valence-electron chi connectivity index (χ2n) is 5.86. The van der Waals surface area contributed by atoms with Crippen molar-refractivity contribution in [1.82, 2.24) is 4.98 Å². The molecule has 1 N–H and O–H groups in total. The highest BCUT2D eigenvalue weighted by atomic mass is 32.1. The maximum atomic E-state index is 4.74. The monoisotopic (exact) mass is 308 g/mol. The van der Waals surface area contributed by atoms with E-state index in [1.54, 1.807) is 11.3 Å². The number of rotatable bonds is 3. The Kier molecular flexibility index (Phi) is 3.99. The molecule has 0 aliphatic heterocycles. The Labute approximate surface area is 135 Å². The van der Waals surface area contributed by atoms with Gasteiger partial charge in [0.2, 0.25) is 0 Å². The van der Waals surface area contributed by atoms with Gasteiger partial charge >= 0.3 is 0 Å². The highest BCUT2D eigenvalue weighted by Gasteiger charge is 2.08. The Morgan fingerprint density at radius 3 is 2.32 bits per heavy atom. The molecule has 0 amide bonds. The normalized spacial score (nSPS) is 10.7. The zero-order valence-electron chi connectivity index (χ0n) is 13.4. The van der Waals surface area contributed by atoms with E-state index in [9.17, 15) is 0 Å². The first-order valence-electron chi connectivity index (χ1n) is 7.40.